The van der Waals surface area contributed by atoms with Crippen LogP contribution in [0.4, 0.5) is 4.39 Å². The first kappa shape index (κ1) is 23.2. The average molecular weight is 492 g/mol. The molecule has 2 aromatic carbocycles. The van der Waals surface area contributed by atoms with Crippen LogP contribution >= 0.6 is 0 Å². The lowest BCUT2D eigenvalue weighted by Gasteiger charge is -2.48. The minimum atomic E-state index is -0.618. The molecule has 3 heterocycles. The lowest BCUT2D eigenvalue weighted by molar-refractivity contribution is -0.136. The number of nitrogens with one attached hydrogen (secondary N) is 1. The van der Waals surface area contributed by atoms with Crippen LogP contribution in [-0.2, 0) is 16.1 Å². The van der Waals surface area contributed by atoms with Crippen LogP contribution in [0.2, 0.25) is 0 Å². The van der Waals surface area contributed by atoms with Crippen molar-refractivity contribution in [2.45, 2.75) is 69.2 Å². The molecule has 0 radical (unpaired) electrons. The number of benzene rings is 2. The molecule has 7 nitrogen and oxygen atoms in total. The Hall–Kier alpha value is -3.26. The van der Waals surface area contributed by atoms with Gasteiger partial charge in [0.2, 0.25) is 11.8 Å². The maximum Gasteiger partial charge on any atom is 0.255 e. The van der Waals surface area contributed by atoms with Crippen molar-refractivity contribution in [3.63, 3.8) is 0 Å². The van der Waals surface area contributed by atoms with Crippen molar-refractivity contribution < 1.29 is 23.5 Å². The Bertz CT molecular complexity index is 1210. The first-order valence-corrected chi connectivity index (χ1v) is 12.9. The Kier molecular flexibility index (Phi) is 5.99. The zero-order valence-corrected chi connectivity index (χ0v) is 20.1. The van der Waals surface area contributed by atoms with Crippen molar-refractivity contribution in [1.82, 2.24) is 15.1 Å². The van der Waals surface area contributed by atoms with E-state index in [2.05, 4.69) is 10.2 Å². The van der Waals surface area contributed by atoms with Gasteiger partial charge in [-0.05, 0) is 67.1 Å². The molecular formula is C28H30FN3O4. The summed E-state index contributed by atoms with van der Waals surface area (Å²) in [5.41, 5.74) is 2.50. The zero-order valence-electron chi connectivity index (χ0n) is 20.1. The van der Waals surface area contributed by atoms with Gasteiger partial charge in [0.15, 0.2) is 0 Å². The summed E-state index contributed by atoms with van der Waals surface area (Å²) in [6.07, 6.45) is 5.00. The maximum absolute atomic E-state index is 13.6. The Morgan fingerprint density at radius 1 is 0.972 bits per heavy atom. The Balaban J connectivity index is 1.12. The van der Waals surface area contributed by atoms with Crippen LogP contribution in [0, 0.1) is 5.82 Å². The highest BCUT2D eigenvalue weighted by molar-refractivity contribution is 6.05. The van der Waals surface area contributed by atoms with Crippen LogP contribution in [0.1, 0.15) is 65.9 Å². The molecule has 3 aliphatic heterocycles. The van der Waals surface area contributed by atoms with E-state index in [9.17, 15) is 18.8 Å². The van der Waals surface area contributed by atoms with Gasteiger partial charge in [-0.2, -0.15) is 0 Å². The van der Waals surface area contributed by atoms with Crippen molar-refractivity contribution in [3.8, 4) is 5.75 Å². The second-order valence-corrected chi connectivity index (χ2v) is 10.4. The van der Waals surface area contributed by atoms with Crippen molar-refractivity contribution in [2.24, 2.45) is 0 Å². The van der Waals surface area contributed by atoms with E-state index in [1.165, 1.54) is 12.5 Å². The molecular weight excluding hydrogens is 461 g/mol. The number of likely N-dealkylation sites (tertiary alicyclic amines) is 1. The van der Waals surface area contributed by atoms with Gasteiger partial charge in [-0.15, -0.1) is 0 Å². The predicted octanol–water partition coefficient (Wildman–Crippen LogP) is 3.38. The molecule has 1 N–H and O–H groups in total. The van der Waals surface area contributed by atoms with Crippen LogP contribution in [0.25, 0.3) is 0 Å². The normalized spacial score (nSPS) is 27.0. The van der Waals surface area contributed by atoms with Gasteiger partial charge in [-0.3, -0.25) is 24.6 Å². The third-order valence-corrected chi connectivity index (χ3v) is 8.15. The number of hydrogen-bond acceptors (Lipinski definition) is 5. The number of rotatable bonds is 5. The average Bonchev–Trinajstić information content (AvgIpc) is 3.15. The summed E-state index contributed by atoms with van der Waals surface area (Å²) >= 11 is 0. The number of ether oxygens (including phenoxy) is 1. The fourth-order valence-corrected chi connectivity index (χ4v) is 6.19. The van der Waals surface area contributed by atoms with E-state index in [4.69, 9.17) is 4.74 Å². The van der Waals surface area contributed by atoms with E-state index in [1.807, 2.05) is 18.2 Å². The summed E-state index contributed by atoms with van der Waals surface area (Å²) in [4.78, 5) is 40.8. The Morgan fingerprint density at radius 2 is 1.81 bits per heavy atom. The molecule has 1 saturated carbocycles. The fourth-order valence-electron chi connectivity index (χ4n) is 6.19. The van der Waals surface area contributed by atoms with E-state index in [1.54, 1.807) is 23.1 Å². The van der Waals surface area contributed by atoms with Gasteiger partial charge in [0.25, 0.3) is 5.91 Å². The van der Waals surface area contributed by atoms with E-state index in [0.29, 0.717) is 30.5 Å². The number of hydrogen-bond donors (Lipinski definition) is 1. The molecule has 0 bridgehead atoms. The minimum absolute atomic E-state index is 0.0635. The highest BCUT2D eigenvalue weighted by Gasteiger charge is 2.41. The second kappa shape index (κ2) is 9.32. The minimum Gasteiger partial charge on any atom is -0.489 e. The number of nitrogens with zero attached hydrogens (tertiary/aromatic N) is 2. The first-order chi connectivity index (χ1) is 17.5. The molecule has 8 heteroatoms. The Morgan fingerprint density at radius 3 is 2.61 bits per heavy atom. The van der Waals surface area contributed by atoms with Gasteiger partial charge >= 0.3 is 0 Å². The monoisotopic (exact) mass is 491 g/mol. The van der Waals surface area contributed by atoms with Gasteiger partial charge < -0.3 is 9.64 Å². The zero-order chi connectivity index (χ0) is 24.8. The van der Waals surface area contributed by atoms with Gasteiger partial charge in [0, 0.05) is 43.6 Å². The molecule has 3 fully saturated rings. The fraction of sp³-hybridized carbons (Fsp3) is 0.464. The third kappa shape index (κ3) is 4.28. The van der Waals surface area contributed by atoms with Crippen molar-refractivity contribution in [3.05, 3.63) is 65.0 Å². The van der Waals surface area contributed by atoms with Gasteiger partial charge in [-0.25, -0.2) is 4.39 Å². The maximum atomic E-state index is 13.6. The van der Waals surface area contributed by atoms with E-state index in [-0.39, 0.29) is 30.2 Å². The largest absolute Gasteiger partial charge is 0.489 e. The van der Waals surface area contributed by atoms with Crippen LogP contribution in [0.3, 0.4) is 0 Å². The van der Waals surface area contributed by atoms with Crippen molar-refractivity contribution in [1.29, 1.82) is 0 Å². The standard InChI is InChI=1S/C28H30FN3O4/c29-20-5-3-4-17(12-20)19-14-31(15-19)23-6-1-2-7-25(23)36-21-8-9-22-18(13-21)16-32(28(22)35)24-10-11-26(33)30-27(24)34/h3-5,8-9,12-13,19,23-25H,1-2,6-7,10-11,14-16H2,(H,30,33,34)/t23-,24?,25-/m1/s1. The SMILES string of the molecule is O=C1CCC(N2Cc3cc(O[C@@H]4CCCC[C@H]4N4CC(c5cccc(F)c5)C4)ccc3C2=O)C(=O)N1. The third-order valence-electron chi connectivity index (χ3n) is 8.15. The number of fused-ring (bicyclic) bond motifs is 1. The van der Waals surface area contributed by atoms with Crippen LogP contribution in [0.5, 0.6) is 5.75 Å². The molecule has 36 heavy (non-hydrogen) atoms. The van der Waals surface area contributed by atoms with Crippen LogP contribution in [-0.4, -0.2) is 58.8 Å². The molecule has 2 aromatic rings. The van der Waals surface area contributed by atoms with Crippen LogP contribution < -0.4 is 10.1 Å². The molecule has 1 aliphatic carbocycles. The molecule has 0 spiro atoms. The summed E-state index contributed by atoms with van der Waals surface area (Å²) < 4.78 is 20.1. The smallest absolute Gasteiger partial charge is 0.255 e. The quantitative estimate of drug-likeness (QED) is 0.649. The lowest BCUT2D eigenvalue weighted by atomic mass is 9.84. The predicted molar refractivity (Wildman–Crippen MR) is 130 cm³/mol. The molecule has 0 aromatic heterocycles. The molecule has 3 atom stereocenters. The number of carbonyl (C=O) groups excluding carboxylic acids is 3. The summed E-state index contributed by atoms with van der Waals surface area (Å²) in [5.74, 6) is 0.0441. The summed E-state index contributed by atoms with van der Waals surface area (Å²) in [7, 11) is 0. The topological polar surface area (TPSA) is 79.0 Å². The summed E-state index contributed by atoms with van der Waals surface area (Å²) in [5, 5.41) is 2.34. The summed E-state index contributed by atoms with van der Waals surface area (Å²) in [6.45, 7) is 2.16. The number of imide groups is 1. The van der Waals surface area contributed by atoms with E-state index >= 15 is 0 Å². The van der Waals surface area contributed by atoms with Crippen molar-refractivity contribution >= 4 is 17.7 Å². The van der Waals surface area contributed by atoms with Gasteiger partial charge in [0.1, 0.15) is 23.7 Å². The molecule has 3 amide bonds. The Labute approximate surface area is 209 Å². The molecule has 4 aliphatic rings. The lowest BCUT2D eigenvalue weighted by Crippen LogP contribution is -2.57. The molecule has 1 unspecified atom stereocenters. The van der Waals surface area contributed by atoms with Gasteiger partial charge in [-0.1, -0.05) is 18.6 Å². The van der Waals surface area contributed by atoms with E-state index < -0.39 is 11.9 Å². The summed E-state index contributed by atoms with van der Waals surface area (Å²) in [6, 6.07) is 12.2. The van der Waals surface area contributed by atoms with E-state index in [0.717, 1.165) is 49.2 Å². The number of amides is 3. The number of piperidine rings is 1. The molecule has 2 saturated heterocycles. The van der Waals surface area contributed by atoms with Gasteiger partial charge in [0.05, 0.1) is 0 Å². The first-order valence-electron chi connectivity index (χ1n) is 12.9. The highest BCUT2D eigenvalue weighted by atomic mass is 19.1. The molecule has 188 valence electrons. The second-order valence-electron chi connectivity index (χ2n) is 10.4. The number of carbonyl (C=O) groups is 3. The van der Waals surface area contributed by atoms with Crippen LogP contribution in [0.15, 0.2) is 42.5 Å². The molecule has 6 rings (SSSR count). The highest BCUT2D eigenvalue weighted by Crippen LogP contribution is 2.36. The number of halogens is 1. The van der Waals surface area contributed by atoms with Crippen molar-refractivity contribution in [2.75, 3.05) is 13.1 Å².